The number of aliphatic hydroxyl groups is 1. The molecule has 0 saturated heterocycles. The van der Waals surface area contributed by atoms with Crippen molar-refractivity contribution in [2.24, 2.45) is 40.4 Å². The number of fused-ring (bicyclic) bond motifs is 2. The maximum Gasteiger partial charge on any atom is 0.0850 e. The molecule has 0 aromatic rings. The maximum absolute atomic E-state index is 9.55. The third-order valence-corrected chi connectivity index (χ3v) is 10.1. The molecule has 7 atom stereocenters. The highest BCUT2D eigenvalue weighted by atomic mass is 16.5. The molecule has 4 fully saturated rings. The van der Waals surface area contributed by atoms with E-state index < -0.39 is 0 Å². The molecule has 4 rings (SSSR count). The van der Waals surface area contributed by atoms with Crippen molar-refractivity contribution in [1.29, 1.82) is 0 Å². The number of hydrogen-bond donors (Lipinski definition) is 1. The zero-order valence-corrected chi connectivity index (χ0v) is 21.0. The van der Waals surface area contributed by atoms with Crippen molar-refractivity contribution in [1.82, 2.24) is 0 Å². The highest BCUT2D eigenvalue weighted by Crippen LogP contribution is 2.69. The van der Waals surface area contributed by atoms with Crippen LogP contribution in [0.2, 0.25) is 0 Å². The Morgan fingerprint density at radius 3 is 2.61 bits per heavy atom. The molecule has 2 nitrogen and oxygen atoms in total. The predicted molar refractivity (Wildman–Crippen MR) is 130 cm³/mol. The first-order valence-electron chi connectivity index (χ1n) is 13.4. The number of ether oxygens (including phenoxy) is 1. The van der Waals surface area contributed by atoms with Gasteiger partial charge in [0.2, 0.25) is 0 Å². The lowest BCUT2D eigenvalue weighted by molar-refractivity contribution is 0.0776. The van der Waals surface area contributed by atoms with Crippen molar-refractivity contribution in [3.63, 3.8) is 0 Å². The Morgan fingerprint density at radius 1 is 1.13 bits per heavy atom. The highest BCUT2D eigenvalue weighted by Gasteiger charge is 2.64. The molecule has 4 aliphatic carbocycles. The molecule has 0 spiro atoms. The Kier molecular flexibility index (Phi) is 7.09. The molecule has 4 aliphatic rings. The van der Waals surface area contributed by atoms with Gasteiger partial charge in [0.1, 0.15) is 0 Å². The number of rotatable bonds is 9. The first-order chi connectivity index (χ1) is 14.9. The van der Waals surface area contributed by atoms with E-state index in [1.165, 1.54) is 69.8 Å². The minimum atomic E-state index is 0.174. The van der Waals surface area contributed by atoms with E-state index in [0.717, 1.165) is 36.0 Å². The summed E-state index contributed by atoms with van der Waals surface area (Å²) in [5.74, 6) is 4.11. The first-order valence-corrected chi connectivity index (χ1v) is 13.4. The molecule has 0 aliphatic heterocycles. The summed E-state index contributed by atoms with van der Waals surface area (Å²) in [7, 11) is 1.91. The molecule has 4 saturated carbocycles. The van der Waals surface area contributed by atoms with E-state index in [0.29, 0.717) is 5.41 Å². The average Bonchev–Trinajstić information content (AvgIpc) is 3.19. The van der Waals surface area contributed by atoms with Crippen LogP contribution in [-0.2, 0) is 4.74 Å². The summed E-state index contributed by atoms with van der Waals surface area (Å²) in [6, 6.07) is 0. The summed E-state index contributed by atoms with van der Waals surface area (Å²) in [5, 5.41) is 9.55. The highest BCUT2D eigenvalue weighted by molar-refractivity contribution is 5.37. The second-order valence-corrected chi connectivity index (χ2v) is 12.2. The van der Waals surface area contributed by atoms with Gasteiger partial charge in [0.25, 0.3) is 0 Å². The molecule has 0 heterocycles. The van der Waals surface area contributed by atoms with Crippen LogP contribution >= 0.6 is 0 Å². The molecule has 0 amide bonds. The predicted octanol–water partition coefficient (Wildman–Crippen LogP) is 7.33. The van der Waals surface area contributed by atoms with Crippen LogP contribution in [-0.4, -0.2) is 24.9 Å². The van der Waals surface area contributed by atoms with Crippen LogP contribution in [0.15, 0.2) is 23.3 Å². The van der Waals surface area contributed by atoms with Gasteiger partial charge in [0, 0.05) is 12.5 Å². The lowest BCUT2D eigenvalue weighted by Gasteiger charge is -2.45. The fourth-order valence-electron chi connectivity index (χ4n) is 8.48. The van der Waals surface area contributed by atoms with Crippen LogP contribution in [0.4, 0.5) is 0 Å². The van der Waals surface area contributed by atoms with Crippen molar-refractivity contribution in [2.75, 3.05) is 13.7 Å². The van der Waals surface area contributed by atoms with Gasteiger partial charge < -0.3 is 9.84 Å². The Morgan fingerprint density at radius 2 is 1.94 bits per heavy atom. The van der Waals surface area contributed by atoms with Gasteiger partial charge in [0.15, 0.2) is 0 Å². The van der Waals surface area contributed by atoms with Crippen molar-refractivity contribution in [3.05, 3.63) is 23.3 Å². The molecule has 1 N–H and O–H groups in total. The number of hydrogen-bond acceptors (Lipinski definition) is 2. The summed E-state index contributed by atoms with van der Waals surface area (Å²) >= 11 is 0. The maximum atomic E-state index is 9.55. The second kappa shape index (κ2) is 9.34. The Bertz CT molecular complexity index is 691. The monoisotopic (exact) mass is 428 g/mol. The smallest absolute Gasteiger partial charge is 0.0850 e. The molecule has 2 heteroatoms. The standard InChI is InChI=1S/C29H48O2/c1-20(2)8-6-9-21(3)25-13-14-26-22(10-7-16-28(25,26)4)18-27(31-5)29-19-24(29)12-11-23(29)15-17-30/h15,18,20-21,24-27,30H,6-14,16-17,19H2,1-5H3/b22-18+,23-15+/t21-,24?,25-,26+,27-,28-,29?/m1/s1. The number of methoxy groups -OCH3 is 1. The van der Waals surface area contributed by atoms with E-state index >= 15 is 0 Å². The summed E-state index contributed by atoms with van der Waals surface area (Å²) in [6.07, 6.45) is 19.6. The molecule has 0 radical (unpaired) electrons. The molecule has 0 bridgehead atoms. The molecule has 2 unspecified atom stereocenters. The van der Waals surface area contributed by atoms with Gasteiger partial charge in [-0.15, -0.1) is 0 Å². The van der Waals surface area contributed by atoms with Crippen LogP contribution in [0.1, 0.15) is 98.3 Å². The lowest BCUT2D eigenvalue weighted by atomic mass is 9.60. The van der Waals surface area contributed by atoms with E-state index in [2.05, 4.69) is 39.8 Å². The first kappa shape index (κ1) is 23.6. The minimum Gasteiger partial charge on any atom is -0.392 e. The van der Waals surface area contributed by atoms with Gasteiger partial charge in [0.05, 0.1) is 12.7 Å². The van der Waals surface area contributed by atoms with Crippen LogP contribution < -0.4 is 0 Å². The Hall–Kier alpha value is -0.600. The summed E-state index contributed by atoms with van der Waals surface area (Å²) in [4.78, 5) is 0. The van der Waals surface area contributed by atoms with E-state index in [1.807, 2.05) is 7.11 Å². The summed E-state index contributed by atoms with van der Waals surface area (Å²) < 4.78 is 6.19. The molecule has 31 heavy (non-hydrogen) atoms. The fraction of sp³-hybridized carbons (Fsp3) is 0.862. The molecule has 0 aromatic carbocycles. The van der Waals surface area contributed by atoms with Crippen LogP contribution in [0.3, 0.4) is 0 Å². The molecular weight excluding hydrogens is 380 g/mol. The Balaban J connectivity index is 1.50. The van der Waals surface area contributed by atoms with Gasteiger partial charge in [-0.1, -0.05) is 70.3 Å². The normalized spacial score (nSPS) is 41.6. The third kappa shape index (κ3) is 4.21. The van der Waals surface area contributed by atoms with E-state index in [-0.39, 0.29) is 18.1 Å². The Labute approximate surface area is 191 Å². The fourth-order valence-corrected chi connectivity index (χ4v) is 8.48. The zero-order valence-electron chi connectivity index (χ0n) is 21.0. The third-order valence-electron chi connectivity index (χ3n) is 10.1. The van der Waals surface area contributed by atoms with Crippen molar-refractivity contribution in [2.45, 2.75) is 104 Å². The number of aliphatic hydroxyl groups excluding tert-OH is 1. The largest absolute Gasteiger partial charge is 0.392 e. The van der Waals surface area contributed by atoms with Gasteiger partial charge in [-0.3, -0.25) is 0 Å². The van der Waals surface area contributed by atoms with Gasteiger partial charge >= 0.3 is 0 Å². The van der Waals surface area contributed by atoms with Gasteiger partial charge in [-0.05, 0) is 86.4 Å². The molecule has 0 aromatic heterocycles. The average molecular weight is 429 g/mol. The minimum absolute atomic E-state index is 0.174. The topological polar surface area (TPSA) is 29.5 Å². The lowest BCUT2D eigenvalue weighted by Crippen LogP contribution is -2.36. The zero-order chi connectivity index (χ0) is 22.2. The second-order valence-electron chi connectivity index (χ2n) is 12.2. The van der Waals surface area contributed by atoms with Crippen LogP contribution in [0.25, 0.3) is 0 Å². The summed E-state index contributed by atoms with van der Waals surface area (Å²) in [6.45, 7) is 10.1. The van der Waals surface area contributed by atoms with E-state index in [9.17, 15) is 5.11 Å². The van der Waals surface area contributed by atoms with E-state index in [4.69, 9.17) is 4.74 Å². The van der Waals surface area contributed by atoms with E-state index in [1.54, 1.807) is 5.57 Å². The molecule has 176 valence electrons. The van der Waals surface area contributed by atoms with Crippen LogP contribution in [0.5, 0.6) is 0 Å². The van der Waals surface area contributed by atoms with Crippen LogP contribution in [0, 0.1) is 40.4 Å². The van der Waals surface area contributed by atoms with Crippen molar-refractivity contribution >= 4 is 0 Å². The quantitative estimate of drug-likeness (QED) is 0.390. The summed E-state index contributed by atoms with van der Waals surface area (Å²) in [5.41, 5.74) is 3.89. The van der Waals surface area contributed by atoms with Crippen molar-refractivity contribution < 1.29 is 9.84 Å². The van der Waals surface area contributed by atoms with Crippen molar-refractivity contribution in [3.8, 4) is 0 Å². The molecular formula is C29H48O2. The van der Waals surface area contributed by atoms with Gasteiger partial charge in [-0.25, -0.2) is 0 Å². The van der Waals surface area contributed by atoms with Gasteiger partial charge in [-0.2, -0.15) is 0 Å². The SMILES string of the molecule is CO[C@H](/C=C1\CCC[C@]2(C)[C@@H]([C@H](C)CCCC(C)C)CC[C@@H]12)C12CC1CC/C2=C\CO. The number of allylic oxidation sites excluding steroid dienone is 1.